The number of piperidine rings is 2. The number of alkyl halides is 2. The molecule has 20 heteroatoms. The van der Waals surface area contributed by atoms with Gasteiger partial charge in [-0.1, -0.05) is 31.0 Å². The fraction of sp³-hybridized carbons (Fsp3) is 0.391. The third-order valence-electron chi connectivity index (χ3n) is 12.8. The van der Waals surface area contributed by atoms with Crippen LogP contribution in [-0.4, -0.2) is 108 Å². The molecule has 5 heterocycles. The molecule has 1 aliphatic carbocycles. The van der Waals surface area contributed by atoms with Crippen molar-refractivity contribution < 1.29 is 51.4 Å². The Morgan fingerprint density at radius 2 is 1.68 bits per heavy atom. The van der Waals surface area contributed by atoms with Gasteiger partial charge in [-0.3, -0.25) is 39.0 Å². The molecule has 1 aromatic heterocycles. The molecule has 1 unspecified atom stereocenters. The van der Waals surface area contributed by atoms with Crippen LogP contribution in [0.1, 0.15) is 88.0 Å². The van der Waals surface area contributed by atoms with Gasteiger partial charge in [0.05, 0.1) is 60.6 Å². The fourth-order valence-corrected chi connectivity index (χ4v) is 9.34. The van der Waals surface area contributed by atoms with Crippen LogP contribution in [0.4, 0.5) is 47.7 Å². The predicted molar refractivity (Wildman–Crippen MR) is 234 cm³/mol. The van der Waals surface area contributed by atoms with Gasteiger partial charge in [0.15, 0.2) is 5.82 Å². The van der Waals surface area contributed by atoms with Crippen LogP contribution in [0.2, 0.25) is 0 Å². The first-order valence-corrected chi connectivity index (χ1v) is 21.8. The first-order chi connectivity index (χ1) is 31.7. The summed E-state index contributed by atoms with van der Waals surface area (Å²) in [5, 5.41) is 7.81. The molecule has 1 saturated carbocycles. The topological polar surface area (TPSA) is 196 Å². The van der Waals surface area contributed by atoms with E-state index < -0.39 is 59.8 Å². The number of nitrogens with zero attached hydrogens (tertiary/aromatic N) is 6. The van der Waals surface area contributed by atoms with Gasteiger partial charge in [-0.15, -0.1) is 0 Å². The van der Waals surface area contributed by atoms with Gasteiger partial charge >= 0.3 is 5.92 Å². The number of imide groups is 2. The first kappa shape index (κ1) is 44.1. The summed E-state index contributed by atoms with van der Waals surface area (Å²) in [4.78, 5) is 91.2. The summed E-state index contributed by atoms with van der Waals surface area (Å²) >= 11 is 0. The van der Waals surface area contributed by atoms with Crippen LogP contribution < -0.4 is 35.4 Å². The molecule has 1 atom stereocenters. The Hall–Kier alpha value is -7.09. The number of carbonyl (C=O) groups is 6. The number of aromatic nitrogens is 2. The molecule has 3 N–H and O–H groups in total. The molecule has 344 valence electrons. The molecule has 2 saturated heterocycles. The summed E-state index contributed by atoms with van der Waals surface area (Å²) in [7, 11) is 2.59. The van der Waals surface area contributed by atoms with E-state index in [-0.39, 0.29) is 77.2 Å². The molecule has 0 bridgehead atoms. The predicted octanol–water partition coefficient (Wildman–Crippen LogP) is 5.57. The van der Waals surface area contributed by atoms with Crippen molar-refractivity contribution in [1.82, 2.24) is 20.2 Å². The van der Waals surface area contributed by atoms with Crippen LogP contribution in [0.15, 0.2) is 60.8 Å². The third-order valence-corrected chi connectivity index (χ3v) is 12.8. The van der Waals surface area contributed by atoms with Crippen LogP contribution in [0.3, 0.4) is 0 Å². The summed E-state index contributed by atoms with van der Waals surface area (Å²) in [6.07, 6.45) is 5.61. The highest BCUT2D eigenvalue weighted by molar-refractivity contribution is 6.25. The smallest absolute Gasteiger partial charge is 0.342 e. The van der Waals surface area contributed by atoms with E-state index in [2.05, 4.69) is 25.9 Å². The summed E-state index contributed by atoms with van der Waals surface area (Å²) in [6.45, 7) is 0.545. The zero-order valence-electron chi connectivity index (χ0n) is 36.1. The SMILES string of the molecule is COc1cc(C(=O)Nc2ccc(COC3CCN(c4cccc5c4C(=O)N(C4CCC(=O)NC4=O)C5=O)CC3)cc2)c(F)cc1Nc1ncc2c(n1)N(C1CCCC1)CC(F)(F)C(=O)N2C. The van der Waals surface area contributed by atoms with Gasteiger partial charge in [0, 0.05) is 44.4 Å². The zero-order valence-corrected chi connectivity index (χ0v) is 36.1. The number of ether oxygens (including phenoxy) is 2. The molecule has 17 nitrogen and oxygen atoms in total. The third kappa shape index (κ3) is 8.36. The number of amides is 6. The number of rotatable bonds is 11. The highest BCUT2D eigenvalue weighted by Gasteiger charge is 2.49. The molecule has 4 aromatic rings. The van der Waals surface area contributed by atoms with Crippen molar-refractivity contribution in [2.45, 2.75) is 82.1 Å². The quantitative estimate of drug-likeness (QED) is 0.158. The lowest BCUT2D eigenvalue weighted by molar-refractivity contribution is -0.140. The summed E-state index contributed by atoms with van der Waals surface area (Å²) in [6, 6.07) is 12.9. The standard InChI is InChI=1S/C46H46F3N9O8/c1-55-35-22-50-45(54-39(35)57(27-6-3-4-7-27)24-46(48,49)44(55)64)52-32-21-31(47)30(20-36(32)65-2)40(60)51-26-12-10-25(11-13-26)23-66-28-16-18-56(19-17-28)33-9-5-8-29-38(33)43(63)58(42(29)62)34-14-15-37(59)53-41(34)61/h5,8-13,20-22,27-28,34H,3-4,6-7,14-19,23-24H2,1-2H3,(H,51,60)(H,50,52,54)(H,53,59,61). The van der Waals surface area contributed by atoms with Crippen LogP contribution in [-0.2, 0) is 25.7 Å². The number of anilines is 6. The Bertz CT molecular complexity index is 2640. The van der Waals surface area contributed by atoms with Crippen molar-refractivity contribution in [2.24, 2.45) is 0 Å². The Balaban J connectivity index is 0.801. The number of hydrogen-bond donors (Lipinski definition) is 3. The number of halogens is 3. The van der Waals surface area contributed by atoms with Crippen molar-refractivity contribution in [3.8, 4) is 5.75 Å². The molecular formula is C46H46F3N9O8. The number of hydrogen-bond acceptors (Lipinski definition) is 13. The van der Waals surface area contributed by atoms with Crippen molar-refractivity contribution in [2.75, 3.05) is 59.1 Å². The Kier molecular flexibility index (Phi) is 11.8. The lowest BCUT2D eigenvalue weighted by Crippen LogP contribution is -2.54. The summed E-state index contributed by atoms with van der Waals surface area (Å²) in [5.74, 6) is -8.67. The van der Waals surface area contributed by atoms with Crippen molar-refractivity contribution >= 4 is 70.0 Å². The van der Waals surface area contributed by atoms with Gasteiger partial charge in [0.2, 0.25) is 17.8 Å². The van der Waals surface area contributed by atoms with E-state index in [0.29, 0.717) is 50.1 Å². The monoisotopic (exact) mass is 909 g/mol. The van der Waals surface area contributed by atoms with E-state index >= 15 is 13.2 Å². The van der Waals surface area contributed by atoms with E-state index in [4.69, 9.17) is 9.47 Å². The molecule has 0 radical (unpaired) electrons. The number of carbonyl (C=O) groups excluding carboxylic acids is 6. The van der Waals surface area contributed by atoms with Crippen LogP contribution >= 0.6 is 0 Å². The lowest BCUT2D eigenvalue weighted by atomic mass is 10.0. The summed E-state index contributed by atoms with van der Waals surface area (Å²) in [5.41, 5.74) is 2.20. The minimum Gasteiger partial charge on any atom is -0.495 e. The van der Waals surface area contributed by atoms with E-state index in [0.717, 1.165) is 34.3 Å². The Morgan fingerprint density at radius 3 is 2.39 bits per heavy atom. The molecule has 3 aromatic carbocycles. The largest absolute Gasteiger partial charge is 0.495 e. The zero-order chi connectivity index (χ0) is 46.4. The van der Waals surface area contributed by atoms with E-state index in [1.807, 2.05) is 4.90 Å². The van der Waals surface area contributed by atoms with E-state index in [9.17, 15) is 28.8 Å². The lowest BCUT2D eigenvalue weighted by Gasteiger charge is -2.34. The Morgan fingerprint density at radius 1 is 0.939 bits per heavy atom. The minimum absolute atomic E-state index is 0.0382. The maximum Gasteiger partial charge on any atom is 0.342 e. The summed E-state index contributed by atoms with van der Waals surface area (Å²) < 4.78 is 57.5. The molecule has 3 fully saturated rings. The molecule has 9 rings (SSSR count). The van der Waals surface area contributed by atoms with Crippen molar-refractivity contribution in [3.05, 3.63) is 88.9 Å². The van der Waals surface area contributed by atoms with Gasteiger partial charge in [0.25, 0.3) is 23.6 Å². The molecular weight excluding hydrogens is 864 g/mol. The number of benzene rings is 3. The maximum absolute atomic E-state index is 15.7. The molecule has 4 aliphatic heterocycles. The van der Waals surface area contributed by atoms with Gasteiger partial charge < -0.3 is 34.8 Å². The van der Waals surface area contributed by atoms with Crippen molar-refractivity contribution in [1.29, 1.82) is 0 Å². The normalized spacial score (nSPS) is 20.0. The number of methoxy groups -OCH3 is 1. The number of nitrogens with one attached hydrogen (secondary N) is 3. The molecule has 6 amide bonds. The second kappa shape index (κ2) is 17.7. The molecule has 66 heavy (non-hydrogen) atoms. The second-order valence-corrected chi connectivity index (χ2v) is 17.0. The van der Waals surface area contributed by atoms with Crippen LogP contribution in [0.5, 0.6) is 5.75 Å². The van der Waals surface area contributed by atoms with Gasteiger partial charge in [-0.25, -0.2) is 9.37 Å². The first-order valence-electron chi connectivity index (χ1n) is 21.8. The van der Waals surface area contributed by atoms with Crippen LogP contribution in [0, 0.1) is 5.82 Å². The van der Waals surface area contributed by atoms with Gasteiger partial charge in [0.1, 0.15) is 23.3 Å². The van der Waals surface area contributed by atoms with E-state index in [1.54, 1.807) is 42.5 Å². The van der Waals surface area contributed by atoms with Gasteiger partial charge in [-0.05, 0) is 68.0 Å². The van der Waals surface area contributed by atoms with Crippen LogP contribution in [0.25, 0.3) is 0 Å². The van der Waals surface area contributed by atoms with E-state index in [1.165, 1.54) is 31.3 Å². The molecule has 0 spiro atoms. The average Bonchev–Trinajstić information content (AvgIpc) is 3.92. The average molecular weight is 910 g/mol. The van der Waals surface area contributed by atoms with Crippen molar-refractivity contribution in [3.63, 3.8) is 0 Å². The highest BCUT2D eigenvalue weighted by Crippen LogP contribution is 2.41. The number of fused-ring (bicyclic) bond motifs is 2. The highest BCUT2D eigenvalue weighted by atomic mass is 19.3. The fourth-order valence-electron chi connectivity index (χ4n) is 9.34. The van der Waals surface area contributed by atoms with Gasteiger partial charge in [-0.2, -0.15) is 13.8 Å². The maximum atomic E-state index is 15.7. The molecule has 5 aliphatic rings. The minimum atomic E-state index is -3.65. The Labute approximate surface area is 376 Å². The second-order valence-electron chi connectivity index (χ2n) is 17.0.